The Labute approximate surface area is 165 Å². The molecule has 8 heteroatoms. The van der Waals surface area contributed by atoms with Crippen LogP contribution in [0.25, 0.3) is 11.0 Å². The number of hydrogen-bond acceptors (Lipinski definition) is 7. The first-order valence-electron chi connectivity index (χ1n) is 8.69. The number of aromatic nitrogens is 2. The fourth-order valence-electron chi connectivity index (χ4n) is 2.59. The van der Waals surface area contributed by atoms with Crippen molar-refractivity contribution in [3.8, 4) is 17.2 Å². The van der Waals surface area contributed by atoms with Crippen LogP contribution < -0.4 is 14.9 Å². The Morgan fingerprint density at radius 1 is 0.966 bits per heavy atom. The smallest absolute Gasteiger partial charge is 0.271 e. The second kappa shape index (κ2) is 8.22. The van der Waals surface area contributed by atoms with E-state index >= 15 is 0 Å². The van der Waals surface area contributed by atoms with Crippen LogP contribution in [0.1, 0.15) is 15.9 Å². The molecule has 0 saturated heterocycles. The third kappa shape index (κ3) is 4.38. The normalized spacial score (nSPS) is 10.9. The largest absolute Gasteiger partial charge is 0.497 e. The number of methoxy groups -OCH3 is 1. The van der Waals surface area contributed by atoms with Crippen molar-refractivity contribution < 1.29 is 18.9 Å². The average molecular weight is 388 g/mol. The van der Waals surface area contributed by atoms with E-state index in [4.69, 9.17) is 9.47 Å². The number of rotatable bonds is 6. The standard InChI is InChI=1S/C21H16N4O4/c1-27-16-6-8-17(9-7-16)28-18-4-2-3-14(11-18)13-22-23-21(26)15-5-10-19-20(12-15)25-29-24-19/h2-13H,1H3,(H,23,26)/b22-13+. The van der Waals surface area contributed by atoms with Gasteiger partial charge in [0.15, 0.2) is 0 Å². The minimum Gasteiger partial charge on any atom is -0.497 e. The van der Waals surface area contributed by atoms with Crippen LogP contribution in [0.2, 0.25) is 0 Å². The Kier molecular flexibility index (Phi) is 5.15. The molecule has 0 aliphatic heterocycles. The molecule has 144 valence electrons. The van der Waals surface area contributed by atoms with Crippen LogP contribution >= 0.6 is 0 Å². The average Bonchev–Trinajstić information content (AvgIpc) is 3.22. The summed E-state index contributed by atoms with van der Waals surface area (Å²) in [7, 11) is 1.61. The lowest BCUT2D eigenvalue weighted by Gasteiger charge is -2.07. The quantitative estimate of drug-likeness (QED) is 0.399. The SMILES string of the molecule is COc1ccc(Oc2cccc(/C=N/NC(=O)c3ccc4nonc4c3)c2)cc1. The number of nitrogens with zero attached hydrogens (tertiary/aromatic N) is 3. The van der Waals surface area contributed by atoms with Crippen LogP contribution in [0.5, 0.6) is 17.2 Å². The molecule has 0 aliphatic rings. The molecule has 0 unspecified atom stereocenters. The van der Waals surface area contributed by atoms with Gasteiger partial charge < -0.3 is 9.47 Å². The summed E-state index contributed by atoms with van der Waals surface area (Å²) >= 11 is 0. The topological polar surface area (TPSA) is 98.8 Å². The molecular weight excluding hydrogens is 372 g/mol. The lowest BCUT2D eigenvalue weighted by molar-refractivity contribution is 0.0955. The van der Waals surface area contributed by atoms with E-state index in [2.05, 4.69) is 25.5 Å². The van der Waals surface area contributed by atoms with E-state index in [1.54, 1.807) is 25.3 Å². The van der Waals surface area contributed by atoms with Gasteiger partial charge in [-0.15, -0.1) is 0 Å². The van der Waals surface area contributed by atoms with Crippen molar-refractivity contribution in [2.45, 2.75) is 0 Å². The summed E-state index contributed by atoms with van der Waals surface area (Å²) in [5, 5.41) is 11.4. The van der Waals surface area contributed by atoms with E-state index < -0.39 is 0 Å². The predicted molar refractivity (Wildman–Crippen MR) is 106 cm³/mol. The molecule has 0 spiro atoms. The molecular formula is C21H16N4O4. The molecule has 29 heavy (non-hydrogen) atoms. The summed E-state index contributed by atoms with van der Waals surface area (Å²) in [5.74, 6) is 1.73. The van der Waals surface area contributed by atoms with Crippen molar-refractivity contribution in [1.29, 1.82) is 0 Å². The molecule has 3 aromatic carbocycles. The molecule has 8 nitrogen and oxygen atoms in total. The molecule has 0 atom stereocenters. The minimum atomic E-state index is -0.364. The van der Waals surface area contributed by atoms with E-state index in [9.17, 15) is 4.79 Å². The minimum absolute atomic E-state index is 0.364. The molecule has 4 rings (SSSR count). The van der Waals surface area contributed by atoms with Gasteiger partial charge in [-0.1, -0.05) is 12.1 Å². The van der Waals surface area contributed by atoms with Gasteiger partial charge in [0.25, 0.3) is 5.91 Å². The summed E-state index contributed by atoms with van der Waals surface area (Å²) in [6, 6.07) is 19.5. The van der Waals surface area contributed by atoms with Gasteiger partial charge in [0, 0.05) is 5.56 Å². The number of benzene rings is 3. The van der Waals surface area contributed by atoms with Crippen LogP contribution in [0.15, 0.2) is 76.5 Å². The highest BCUT2D eigenvalue weighted by atomic mass is 16.6. The number of amides is 1. The summed E-state index contributed by atoms with van der Waals surface area (Å²) in [4.78, 5) is 12.2. The Bertz CT molecular complexity index is 1170. The van der Waals surface area contributed by atoms with E-state index in [1.165, 1.54) is 6.21 Å². The van der Waals surface area contributed by atoms with Crippen molar-refractivity contribution in [3.05, 3.63) is 77.9 Å². The maximum absolute atomic E-state index is 12.2. The highest BCUT2D eigenvalue weighted by Crippen LogP contribution is 2.24. The molecule has 0 aliphatic carbocycles. The van der Waals surface area contributed by atoms with E-state index in [0.717, 1.165) is 11.3 Å². The summed E-state index contributed by atoms with van der Waals surface area (Å²) < 4.78 is 15.6. The molecule has 0 saturated carbocycles. The third-order valence-electron chi connectivity index (χ3n) is 4.05. The Hall–Kier alpha value is -4.20. The van der Waals surface area contributed by atoms with Crippen LogP contribution in [0.4, 0.5) is 0 Å². The number of ether oxygens (including phenoxy) is 2. The van der Waals surface area contributed by atoms with Crippen LogP contribution in [0.3, 0.4) is 0 Å². The van der Waals surface area contributed by atoms with Gasteiger partial charge in [-0.2, -0.15) is 5.10 Å². The van der Waals surface area contributed by atoms with Crippen molar-refractivity contribution in [3.63, 3.8) is 0 Å². The number of fused-ring (bicyclic) bond motifs is 1. The molecule has 0 radical (unpaired) electrons. The van der Waals surface area contributed by atoms with Gasteiger partial charge in [0.1, 0.15) is 28.3 Å². The van der Waals surface area contributed by atoms with Gasteiger partial charge in [-0.05, 0) is 70.5 Å². The fraction of sp³-hybridized carbons (Fsp3) is 0.0476. The Morgan fingerprint density at radius 3 is 2.59 bits per heavy atom. The predicted octanol–water partition coefficient (Wildman–Crippen LogP) is 3.79. The third-order valence-corrected chi connectivity index (χ3v) is 4.05. The summed E-state index contributed by atoms with van der Waals surface area (Å²) in [6.07, 6.45) is 1.54. The molecule has 4 aromatic rings. The summed E-state index contributed by atoms with van der Waals surface area (Å²) in [5.41, 5.74) is 4.75. The zero-order valence-corrected chi connectivity index (χ0v) is 15.4. The maximum Gasteiger partial charge on any atom is 0.271 e. The Balaban J connectivity index is 1.40. The fourth-order valence-corrected chi connectivity index (χ4v) is 2.59. The number of carbonyl (C=O) groups is 1. The van der Waals surface area contributed by atoms with Gasteiger partial charge in [-0.3, -0.25) is 4.79 Å². The molecule has 0 bridgehead atoms. The number of hydrazone groups is 1. The van der Waals surface area contributed by atoms with E-state index in [-0.39, 0.29) is 5.91 Å². The molecule has 0 fully saturated rings. The van der Waals surface area contributed by atoms with Crippen LogP contribution in [-0.4, -0.2) is 29.5 Å². The first-order valence-corrected chi connectivity index (χ1v) is 8.69. The van der Waals surface area contributed by atoms with Gasteiger partial charge in [0.05, 0.1) is 13.3 Å². The highest BCUT2D eigenvalue weighted by molar-refractivity contribution is 5.97. The van der Waals surface area contributed by atoms with E-state index in [0.29, 0.717) is 28.1 Å². The monoisotopic (exact) mass is 388 g/mol. The molecule has 1 heterocycles. The van der Waals surface area contributed by atoms with Gasteiger partial charge in [-0.25, -0.2) is 10.1 Å². The van der Waals surface area contributed by atoms with Gasteiger partial charge >= 0.3 is 0 Å². The highest BCUT2D eigenvalue weighted by Gasteiger charge is 2.08. The van der Waals surface area contributed by atoms with Crippen molar-refractivity contribution in [2.75, 3.05) is 7.11 Å². The lowest BCUT2D eigenvalue weighted by Crippen LogP contribution is -2.17. The maximum atomic E-state index is 12.2. The van der Waals surface area contributed by atoms with Crippen molar-refractivity contribution in [2.24, 2.45) is 5.10 Å². The number of carbonyl (C=O) groups excluding carboxylic acids is 1. The number of nitrogens with one attached hydrogen (secondary N) is 1. The molecule has 1 N–H and O–H groups in total. The van der Waals surface area contributed by atoms with E-state index in [1.807, 2.05) is 48.5 Å². The second-order valence-corrected chi connectivity index (χ2v) is 6.02. The lowest BCUT2D eigenvalue weighted by atomic mass is 10.2. The second-order valence-electron chi connectivity index (χ2n) is 6.02. The molecule has 1 amide bonds. The van der Waals surface area contributed by atoms with Crippen molar-refractivity contribution in [1.82, 2.24) is 15.7 Å². The first kappa shape index (κ1) is 18.2. The van der Waals surface area contributed by atoms with Gasteiger partial charge in [0.2, 0.25) is 0 Å². The van der Waals surface area contributed by atoms with Crippen molar-refractivity contribution >= 4 is 23.2 Å². The number of hydrogen-bond donors (Lipinski definition) is 1. The zero-order chi connectivity index (χ0) is 20.1. The van der Waals surface area contributed by atoms with Crippen LogP contribution in [-0.2, 0) is 0 Å². The first-order chi connectivity index (χ1) is 14.2. The zero-order valence-electron chi connectivity index (χ0n) is 15.4. The Morgan fingerprint density at radius 2 is 1.76 bits per heavy atom. The summed E-state index contributed by atoms with van der Waals surface area (Å²) in [6.45, 7) is 0. The van der Waals surface area contributed by atoms with Crippen LogP contribution in [0, 0.1) is 0 Å². The molecule has 1 aromatic heterocycles.